The molecular formula is C25H21N3O3S. The van der Waals surface area contributed by atoms with Crippen molar-refractivity contribution < 1.29 is 9.47 Å². The van der Waals surface area contributed by atoms with E-state index in [1.165, 1.54) is 16.9 Å². The first kappa shape index (κ1) is 19.1. The fraction of sp³-hybridized carbons (Fsp3) is 0.200. The van der Waals surface area contributed by atoms with Crippen molar-refractivity contribution in [3.8, 4) is 17.2 Å². The maximum Gasteiger partial charge on any atom is 0.274 e. The summed E-state index contributed by atoms with van der Waals surface area (Å²) in [5.41, 5.74) is 8.20. The van der Waals surface area contributed by atoms with Crippen molar-refractivity contribution in [3.05, 3.63) is 79.4 Å². The summed E-state index contributed by atoms with van der Waals surface area (Å²) >= 11 is 1.43. The van der Waals surface area contributed by atoms with Crippen LogP contribution in [0.2, 0.25) is 0 Å². The summed E-state index contributed by atoms with van der Waals surface area (Å²) in [6.45, 7) is 8.50. The average molecular weight is 444 g/mol. The molecule has 160 valence electrons. The van der Waals surface area contributed by atoms with E-state index >= 15 is 0 Å². The van der Waals surface area contributed by atoms with Gasteiger partial charge in [0.2, 0.25) is 6.79 Å². The van der Waals surface area contributed by atoms with Gasteiger partial charge in [-0.1, -0.05) is 11.3 Å². The monoisotopic (exact) mass is 443 g/mol. The van der Waals surface area contributed by atoms with Crippen LogP contribution in [0, 0.1) is 27.7 Å². The summed E-state index contributed by atoms with van der Waals surface area (Å²) in [5.74, 6) is 1.51. The van der Waals surface area contributed by atoms with Gasteiger partial charge in [-0.25, -0.2) is 9.38 Å². The Morgan fingerprint density at radius 3 is 2.62 bits per heavy atom. The average Bonchev–Trinajstić information content (AvgIpc) is 3.48. The van der Waals surface area contributed by atoms with Crippen LogP contribution in [0.25, 0.3) is 27.8 Å². The lowest BCUT2D eigenvalue weighted by Crippen LogP contribution is -2.22. The number of fused-ring (bicyclic) bond motifs is 4. The number of hydrogen-bond acceptors (Lipinski definition) is 5. The predicted octanol–water partition coefficient (Wildman–Crippen LogP) is 4.21. The fourth-order valence-electron chi connectivity index (χ4n) is 4.42. The number of benzene rings is 2. The molecule has 0 atom stereocenters. The Balaban J connectivity index is 1.50. The standard InChI is InChI=1S/C25H21N3O3S/c1-13-7-19-20(8-14(13)2)28-24(29)23(32-25(28)26-19)10-17-9-15(3)27(16(17)4)18-5-6-21-22(11-18)31-12-30-21/h5-11H,12H2,1-4H3/b23-10-. The van der Waals surface area contributed by atoms with E-state index in [9.17, 15) is 4.79 Å². The van der Waals surface area contributed by atoms with Crippen LogP contribution < -0.4 is 19.6 Å². The predicted molar refractivity (Wildman–Crippen MR) is 126 cm³/mol. The van der Waals surface area contributed by atoms with Crippen molar-refractivity contribution in [1.82, 2.24) is 14.0 Å². The SMILES string of the molecule is Cc1cc2nc3s/c(=C\c4cc(C)n(-c5ccc6c(c5)OCO6)c4C)c(=O)n3c2cc1C. The van der Waals surface area contributed by atoms with Gasteiger partial charge in [0.15, 0.2) is 16.5 Å². The Morgan fingerprint density at radius 2 is 1.78 bits per heavy atom. The van der Waals surface area contributed by atoms with E-state index in [1.54, 1.807) is 4.40 Å². The Kier molecular flexibility index (Phi) is 4.01. The van der Waals surface area contributed by atoms with Crippen LogP contribution in [0.15, 0.2) is 41.2 Å². The van der Waals surface area contributed by atoms with Crippen LogP contribution in [0.1, 0.15) is 28.1 Å². The van der Waals surface area contributed by atoms with Gasteiger partial charge in [0, 0.05) is 23.1 Å². The zero-order valence-electron chi connectivity index (χ0n) is 18.2. The van der Waals surface area contributed by atoms with Crippen molar-refractivity contribution in [2.75, 3.05) is 6.79 Å². The third-order valence-corrected chi connectivity index (χ3v) is 7.19. The lowest BCUT2D eigenvalue weighted by molar-refractivity contribution is 0.174. The third-order valence-electron chi connectivity index (χ3n) is 6.23. The molecule has 0 unspecified atom stereocenters. The largest absolute Gasteiger partial charge is 0.454 e. The quantitative estimate of drug-likeness (QED) is 0.410. The highest BCUT2D eigenvalue weighted by Crippen LogP contribution is 2.35. The topological polar surface area (TPSA) is 57.8 Å². The molecule has 1 aliphatic heterocycles. The highest BCUT2D eigenvalue weighted by Gasteiger charge is 2.17. The van der Waals surface area contributed by atoms with Gasteiger partial charge in [-0.05, 0) is 80.8 Å². The van der Waals surface area contributed by atoms with E-state index in [2.05, 4.69) is 38.3 Å². The molecular weight excluding hydrogens is 422 g/mol. The fourth-order valence-corrected chi connectivity index (χ4v) is 5.39. The van der Waals surface area contributed by atoms with Crippen molar-refractivity contribution >= 4 is 33.4 Å². The first-order chi connectivity index (χ1) is 15.4. The van der Waals surface area contributed by atoms with Gasteiger partial charge in [-0.15, -0.1) is 0 Å². The van der Waals surface area contributed by atoms with Crippen LogP contribution in [-0.4, -0.2) is 20.7 Å². The molecule has 3 aromatic heterocycles. The van der Waals surface area contributed by atoms with E-state index in [4.69, 9.17) is 14.5 Å². The Bertz CT molecular complexity index is 1670. The summed E-state index contributed by atoms with van der Waals surface area (Å²) in [6.07, 6.45) is 1.97. The molecule has 0 aliphatic carbocycles. The van der Waals surface area contributed by atoms with Crippen molar-refractivity contribution in [1.29, 1.82) is 0 Å². The van der Waals surface area contributed by atoms with E-state index in [-0.39, 0.29) is 12.4 Å². The minimum absolute atomic E-state index is 0.0244. The van der Waals surface area contributed by atoms with Gasteiger partial charge in [0.05, 0.1) is 15.6 Å². The van der Waals surface area contributed by atoms with Crippen molar-refractivity contribution in [2.45, 2.75) is 27.7 Å². The highest BCUT2D eigenvalue weighted by atomic mass is 32.1. The zero-order chi connectivity index (χ0) is 22.1. The highest BCUT2D eigenvalue weighted by molar-refractivity contribution is 7.15. The van der Waals surface area contributed by atoms with Gasteiger partial charge < -0.3 is 14.0 Å². The molecule has 0 saturated carbocycles. The van der Waals surface area contributed by atoms with E-state index in [1.807, 2.05) is 36.4 Å². The maximum atomic E-state index is 13.3. The first-order valence-electron chi connectivity index (χ1n) is 10.4. The van der Waals surface area contributed by atoms with E-state index in [0.717, 1.165) is 55.7 Å². The molecule has 0 spiro atoms. The Morgan fingerprint density at radius 1 is 1.00 bits per heavy atom. The van der Waals surface area contributed by atoms with Gasteiger partial charge in [-0.3, -0.25) is 4.79 Å². The molecule has 5 aromatic rings. The minimum atomic E-state index is -0.0244. The van der Waals surface area contributed by atoms with E-state index in [0.29, 0.717) is 4.53 Å². The normalized spacial score (nSPS) is 13.7. The summed E-state index contributed by atoms with van der Waals surface area (Å²) in [7, 11) is 0. The second kappa shape index (κ2) is 6.71. The maximum absolute atomic E-state index is 13.3. The molecule has 6 rings (SSSR count). The van der Waals surface area contributed by atoms with Gasteiger partial charge in [-0.2, -0.15) is 0 Å². The number of aromatic nitrogens is 3. The second-order valence-electron chi connectivity index (χ2n) is 8.27. The number of aryl methyl sites for hydroxylation is 3. The smallest absolute Gasteiger partial charge is 0.274 e. The number of nitrogens with zero attached hydrogens (tertiary/aromatic N) is 3. The number of rotatable bonds is 2. The lowest BCUT2D eigenvalue weighted by Gasteiger charge is -2.10. The van der Waals surface area contributed by atoms with Crippen LogP contribution in [0.5, 0.6) is 11.5 Å². The Labute approximate surface area is 188 Å². The van der Waals surface area contributed by atoms with Crippen LogP contribution >= 0.6 is 11.3 Å². The van der Waals surface area contributed by atoms with E-state index < -0.39 is 0 Å². The van der Waals surface area contributed by atoms with Crippen LogP contribution in [0.3, 0.4) is 0 Å². The molecule has 7 heteroatoms. The molecule has 0 amide bonds. The first-order valence-corrected chi connectivity index (χ1v) is 11.3. The second-order valence-corrected chi connectivity index (χ2v) is 9.28. The molecule has 32 heavy (non-hydrogen) atoms. The molecule has 4 heterocycles. The number of imidazole rings is 1. The molecule has 0 N–H and O–H groups in total. The van der Waals surface area contributed by atoms with Gasteiger partial charge >= 0.3 is 0 Å². The molecule has 2 aromatic carbocycles. The number of ether oxygens (including phenoxy) is 2. The zero-order valence-corrected chi connectivity index (χ0v) is 19.0. The molecule has 0 saturated heterocycles. The van der Waals surface area contributed by atoms with Crippen LogP contribution in [0.4, 0.5) is 0 Å². The molecule has 1 aliphatic rings. The summed E-state index contributed by atoms with van der Waals surface area (Å²) in [4.78, 5) is 18.7. The summed E-state index contributed by atoms with van der Waals surface area (Å²) < 4.78 is 15.6. The summed E-state index contributed by atoms with van der Waals surface area (Å²) in [6, 6.07) is 12.1. The van der Waals surface area contributed by atoms with Crippen molar-refractivity contribution in [2.24, 2.45) is 0 Å². The van der Waals surface area contributed by atoms with Crippen molar-refractivity contribution in [3.63, 3.8) is 0 Å². The molecule has 0 radical (unpaired) electrons. The van der Waals surface area contributed by atoms with Gasteiger partial charge in [0.1, 0.15) is 0 Å². The molecule has 6 nitrogen and oxygen atoms in total. The Hall–Kier alpha value is -3.58. The number of thiazole rings is 1. The van der Waals surface area contributed by atoms with Crippen LogP contribution in [-0.2, 0) is 0 Å². The third kappa shape index (κ3) is 2.71. The molecule has 0 bridgehead atoms. The molecule has 0 fully saturated rings. The summed E-state index contributed by atoms with van der Waals surface area (Å²) in [5, 5.41) is 0. The number of hydrogen-bond donors (Lipinski definition) is 0. The van der Waals surface area contributed by atoms with Gasteiger partial charge in [0.25, 0.3) is 5.56 Å². The lowest BCUT2D eigenvalue weighted by atomic mass is 10.1. The minimum Gasteiger partial charge on any atom is -0.454 e.